The Balaban J connectivity index is 2.08. The maximum absolute atomic E-state index is 6.01. The molecule has 0 N–H and O–H groups in total. The van der Waals surface area contributed by atoms with Crippen molar-refractivity contribution in [3.05, 3.63) is 36.0 Å². The molecule has 0 spiro atoms. The summed E-state index contributed by atoms with van der Waals surface area (Å²) in [5.74, 6) is 1.61. The molecular formula is C16H19ClN2. The van der Waals surface area contributed by atoms with Gasteiger partial charge in [-0.15, -0.1) is 11.6 Å². The molecule has 1 saturated carbocycles. The number of benzene rings is 1. The topological polar surface area (TPSA) is 16.1 Å². The van der Waals surface area contributed by atoms with E-state index in [2.05, 4.69) is 41.2 Å². The van der Waals surface area contributed by atoms with Crippen molar-refractivity contribution in [3.63, 3.8) is 0 Å². The minimum Gasteiger partial charge on any atom is -0.356 e. The molecule has 3 heteroatoms. The van der Waals surface area contributed by atoms with Crippen molar-refractivity contribution in [3.8, 4) is 0 Å². The lowest BCUT2D eigenvalue weighted by Gasteiger charge is -2.27. The number of halogens is 1. The zero-order chi connectivity index (χ0) is 13.2. The van der Waals surface area contributed by atoms with Crippen LogP contribution in [-0.2, 0) is 5.88 Å². The summed E-state index contributed by atoms with van der Waals surface area (Å²) in [5, 5.41) is 2.45. The molecule has 0 bridgehead atoms. The molecule has 0 saturated heterocycles. The van der Waals surface area contributed by atoms with Crippen molar-refractivity contribution < 1.29 is 0 Å². The van der Waals surface area contributed by atoms with E-state index in [4.69, 9.17) is 11.6 Å². The molecule has 2 nitrogen and oxygen atoms in total. The number of fused-ring (bicyclic) bond motifs is 1. The van der Waals surface area contributed by atoms with Crippen molar-refractivity contribution in [1.29, 1.82) is 0 Å². The standard InChI is InChI=1S/C16H19ClN2/c1-19(13-6-2-3-7-13)16-15-9-5-4-8-14(15)12(10-17)11-18-16/h4-5,8-9,11,13H,2-3,6-7,10H2,1H3. The maximum Gasteiger partial charge on any atom is 0.136 e. The van der Waals surface area contributed by atoms with Crippen LogP contribution in [0.1, 0.15) is 31.2 Å². The molecule has 0 aliphatic heterocycles. The van der Waals surface area contributed by atoms with Crippen LogP contribution in [0.25, 0.3) is 10.8 Å². The largest absolute Gasteiger partial charge is 0.356 e. The number of pyridine rings is 1. The number of anilines is 1. The number of rotatable bonds is 3. The van der Waals surface area contributed by atoms with Crippen molar-refractivity contribution in [2.45, 2.75) is 37.6 Å². The maximum atomic E-state index is 6.01. The van der Waals surface area contributed by atoms with Crippen LogP contribution in [0.4, 0.5) is 5.82 Å². The second kappa shape index (κ2) is 5.38. The van der Waals surface area contributed by atoms with E-state index < -0.39 is 0 Å². The second-order valence-corrected chi connectivity index (χ2v) is 5.60. The highest BCUT2D eigenvalue weighted by Crippen LogP contribution is 2.32. The van der Waals surface area contributed by atoms with Gasteiger partial charge >= 0.3 is 0 Å². The Hall–Kier alpha value is -1.28. The van der Waals surface area contributed by atoms with Gasteiger partial charge in [-0.25, -0.2) is 4.98 Å². The van der Waals surface area contributed by atoms with Crippen LogP contribution in [-0.4, -0.2) is 18.1 Å². The number of aromatic nitrogens is 1. The molecule has 1 aromatic carbocycles. The predicted molar refractivity (Wildman–Crippen MR) is 82.0 cm³/mol. The fourth-order valence-electron chi connectivity index (χ4n) is 3.09. The molecular weight excluding hydrogens is 256 g/mol. The normalized spacial score (nSPS) is 16.1. The van der Waals surface area contributed by atoms with Gasteiger partial charge < -0.3 is 4.90 Å². The zero-order valence-corrected chi connectivity index (χ0v) is 12.0. The SMILES string of the molecule is CN(c1ncc(CCl)c2ccccc12)C1CCCC1. The fourth-order valence-corrected chi connectivity index (χ4v) is 3.30. The van der Waals surface area contributed by atoms with Crippen LogP contribution in [0.15, 0.2) is 30.5 Å². The molecule has 0 atom stereocenters. The van der Waals surface area contributed by atoms with Crippen molar-refractivity contribution in [1.82, 2.24) is 4.98 Å². The third-order valence-electron chi connectivity index (χ3n) is 4.21. The van der Waals surface area contributed by atoms with Gasteiger partial charge in [-0.1, -0.05) is 37.1 Å². The van der Waals surface area contributed by atoms with Crippen LogP contribution in [0.3, 0.4) is 0 Å². The lowest BCUT2D eigenvalue weighted by Crippen LogP contribution is -2.29. The lowest BCUT2D eigenvalue weighted by molar-refractivity contribution is 0.648. The summed E-state index contributed by atoms with van der Waals surface area (Å²) in [6.45, 7) is 0. The first-order valence-corrected chi connectivity index (χ1v) is 7.50. The van der Waals surface area contributed by atoms with Gasteiger partial charge in [0.25, 0.3) is 0 Å². The second-order valence-electron chi connectivity index (χ2n) is 5.34. The Bertz CT molecular complexity index is 576. The summed E-state index contributed by atoms with van der Waals surface area (Å²) >= 11 is 6.01. The van der Waals surface area contributed by atoms with E-state index in [9.17, 15) is 0 Å². The molecule has 0 radical (unpaired) electrons. The van der Waals surface area contributed by atoms with Gasteiger partial charge in [0.05, 0.1) is 0 Å². The zero-order valence-electron chi connectivity index (χ0n) is 11.3. The molecule has 0 unspecified atom stereocenters. The molecule has 1 fully saturated rings. The van der Waals surface area contributed by atoms with Gasteiger partial charge in [0.1, 0.15) is 5.82 Å². The van der Waals surface area contributed by atoms with E-state index >= 15 is 0 Å². The summed E-state index contributed by atoms with van der Waals surface area (Å²) in [4.78, 5) is 7.02. The summed E-state index contributed by atoms with van der Waals surface area (Å²) in [6, 6.07) is 9.07. The van der Waals surface area contributed by atoms with Crippen LogP contribution in [0.2, 0.25) is 0 Å². The molecule has 3 rings (SSSR count). The van der Waals surface area contributed by atoms with Crippen molar-refractivity contribution >= 4 is 28.2 Å². The first-order chi connectivity index (χ1) is 9.31. The van der Waals surface area contributed by atoms with Crippen LogP contribution in [0.5, 0.6) is 0 Å². The first-order valence-electron chi connectivity index (χ1n) is 6.96. The Morgan fingerprint density at radius 1 is 1.21 bits per heavy atom. The molecule has 1 aromatic heterocycles. The van der Waals surface area contributed by atoms with Gasteiger partial charge in [0, 0.05) is 30.6 Å². The number of hydrogen-bond donors (Lipinski definition) is 0. The molecule has 1 aliphatic carbocycles. The fraction of sp³-hybridized carbons (Fsp3) is 0.438. The Morgan fingerprint density at radius 2 is 1.89 bits per heavy atom. The number of hydrogen-bond acceptors (Lipinski definition) is 2. The molecule has 1 aliphatic rings. The molecule has 2 aromatic rings. The molecule has 1 heterocycles. The van der Waals surface area contributed by atoms with Crippen molar-refractivity contribution in [2.75, 3.05) is 11.9 Å². The van der Waals surface area contributed by atoms with E-state index in [-0.39, 0.29) is 0 Å². The van der Waals surface area contributed by atoms with Crippen LogP contribution >= 0.6 is 11.6 Å². The Kier molecular flexibility index (Phi) is 3.61. The van der Waals surface area contributed by atoms with E-state index in [1.807, 2.05) is 6.20 Å². The summed E-state index contributed by atoms with van der Waals surface area (Å²) in [5.41, 5.74) is 1.11. The van der Waals surface area contributed by atoms with Gasteiger partial charge in [-0.2, -0.15) is 0 Å². The number of nitrogens with zero attached hydrogens (tertiary/aromatic N) is 2. The van der Waals surface area contributed by atoms with E-state index in [0.29, 0.717) is 11.9 Å². The van der Waals surface area contributed by atoms with Gasteiger partial charge in [-0.05, 0) is 23.8 Å². The van der Waals surface area contributed by atoms with E-state index in [0.717, 1.165) is 11.4 Å². The van der Waals surface area contributed by atoms with Crippen LogP contribution < -0.4 is 4.90 Å². The predicted octanol–water partition coefficient (Wildman–Crippen LogP) is 4.35. The highest BCUT2D eigenvalue weighted by molar-refractivity contribution is 6.18. The average molecular weight is 275 g/mol. The lowest BCUT2D eigenvalue weighted by atomic mass is 10.1. The minimum atomic E-state index is 0.515. The van der Waals surface area contributed by atoms with Crippen molar-refractivity contribution in [2.24, 2.45) is 0 Å². The van der Waals surface area contributed by atoms with Gasteiger partial charge in [0.15, 0.2) is 0 Å². The highest BCUT2D eigenvalue weighted by Gasteiger charge is 2.22. The number of alkyl halides is 1. The summed E-state index contributed by atoms with van der Waals surface area (Å²) < 4.78 is 0. The molecule has 0 amide bonds. The average Bonchev–Trinajstić information content (AvgIpc) is 2.99. The Morgan fingerprint density at radius 3 is 2.58 bits per heavy atom. The third kappa shape index (κ3) is 2.30. The van der Waals surface area contributed by atoms with Crippen LogP contribution in [0, 0.1) is 0 Å². The smallest absolute Gasteiger partial charge is 0.136 e. The van der Waals surface area contributed by atoms with Gasteiger partial charge in [0.2, 0.25) is 0 Å². The highest BCUT2D eigenvalue weighted by atomic mass is 35.5. The molecule has 100 valence electrons. The summed E-state index contributed by atoms with van der Waals surface area (Å²) in [7, 11) is 2.17. The third-order valence-corrected chi connectivity index (χ3v) is 4.49. The first kappa shape index (κ1) is 12.7. The minimum absolute atomic E-state index is 0.515. The Labute approximate surface area is 119 Å². The quantitative estimate of drug-likeness (QED) is 0.774. The van der Waals surface area contributed by atoms with Gasteiger partial charge in [-0.3, -0.25) is 0 Å². The van der Waals surface area contributed by atoms with E-state index in [1.54, 1.807) is 0 Å². The summed E-state index contributed by atoms with van der Waals surface area (Å²) in [6.07, 6.45) is 7.17. The van der Waals surface area contributed by atoms with E-state index in [1.165, 1.54) is 36.5 Å². The monoisotopic (exact) mass is 274 g/mol. The molecule has 19 heavy (non-hydrogen) atoms.